The van der Waals surface area contributed by atoms with E-state index in [4.69, 9.17) is 10.6 Å². The van der Waals surface area contributed by atoms with Gasteiger partial charge in [-0.05, 0) is 19.1 Å². The third-order valence-corrected chi connectivity index (χ3v) is 2.03. The highest BCUT2D eigenvalue weighted by Gasteiger charge is 2.16. The number of allylic oxidation sites excluding steroid dienone is 6. The molecule has 0 unspecified atom stereocenters. The second-order valence-electron chi connectivity index (χ2n) is 3.43. The van der Waals surface area contributed by atoms with Crippen molar-refractivity contribution < 1.29 is 13.5 Å². The monoisotopic (exact) mass is 267 g/mol. The van der Waals surface area contributed by atoms with Gasteiger partial charge in [-0.1, -0.05) is 18.2 Å². The van der Waals surface area contributed by atoms with Crippen molar-refractivity contribution in [3.05, 3.63) is 60.2 Å². The average Bonchev–Trinajstić information content (AvgIpc) is 2.54. The molecule has 0 saturated carbocycles. The Morgan fingerprint density at radius 1 is 1.53 bits per heavy atom. The van der Waals surface area contributed by atoms with Gasteiger partial charge in [0.25, 0.3) is 0 Å². The van der Waals surface area contributed by atoms with Crippen LogP contribution in [0, 0.1) is 0 Å². The second-order valence-corrected chi connectivity index (χ2v) is 3.43. The number of nitrogens with one attached hydrogen (secondary N) is 1. The fourth-order valence-electron chi connectivity index (χ4n) is 1.23. The number of aliphatic imine (C=N–C) groups is 1. The average molecular weight is 267 g/mol. The van der Waals surface area contributed by atoms with Crippen LogP contribution < -0.4 is 11.3 Å². The van der Waals surface area contributed by atoms with Crippen LogP contribution in [0.3, 0.4) is 0 Å². The normalized spacial score (nSPS) is 17.1. The van der Waals surface area contributed by atoms with Crippen molar-refractivity contribution >= 4 is 5.90 Å². The van der Waals surface area contributed by atoms with Crippen LogP contribution in [0.15, 0.2) is 65.2 Å². The van der Waals surface area contributed by atoms with Gasteiger partial charge in [-0.15, -0.1) is 0 Å². The molecule has 4 nitrogen and oxygen atoms in total. The molecule has 0 aromatic carbocycles. The molecule has 0 saturated heterocycles. The van der Waals surface area contributed by atoms with Crippen LogP contribution in [0.2, 0.25) is 0 Å². The van der Waals surface area contributed by atoms with Crippen LogP contribution in [0.5, 0.6) is 0 Å². The third kappa shape index (κ3) is 4.89. The zero-order chi connectivity index (χ0) is 14.1. The predicted octanol–water partition coefficient (Wildman–Crippen LogP) is 2.91. The largest absolute Gasteiger partial charge is 0.433 e. The van der Waals surface area contributed by atoms with Crippen molar-refractivity contribution in [3.63, 3.8) is 0 Å². The van der Waals surface area contributed by atoms with Crippen molar-refractivity contribution in [2.75, 3.05) is 0 Å². The van der Waals surface area contributed by atoms with Gasteiger partial charge >= 0.3 is 0 Å². The van der Waals surface area contributed by atoms with Crippen molar-refractivity contribution in [1.29, 1.82) is 0 Å². The zero-order valence-electron chi connectivity index (χ0n) is 10.4. The molecule has 1 rings (SSSR count). The summed E-state index contributed by atoms with van der Waals surface area (Å²) in [5.41, 5.74) is 2.25. The maximum absolute atomic E-state index is 13.6. The topological polar surface area (TPSA) is 59.6 Å². The van der Waals surface area contributed by atoms with Crippen LogP contribution in [0.4, 0.5) is 8.78 Å². The summed E-state index contributed by atoms with van der Waals surface area (Å²) in [6.07, 6.45) is 9.80. The van der Waals surface area contributed by atoms with E-state index in [1.807, 2.05) is 0 Å². The molecule has 0 bridgehead atoms. The zero-order valence-corrected chi connectivity index (χ0v) is 10.4. The summed E-state index contributed by atoms with van der Waals surface area (Å²) in [6.45, 7) is 1.73. The smallest absolute Gasteiger partial charge is 0.219 e. The van der Waals surface area contributed by atoms with E-state index in [2.05, 4.69) is 10.4 Å². The van der Waals surface area contributed by atoms with Crippen molar-refractivity contribution in [1.82, 2.24) is 5.43 Å². The van der Waals surface area contributed by atoms with E-state index in [9.17, 15) is 8.78 Å². The van der Waals surface area contributed by atoms with Crippen LogP contribution in [-0.4, -0.2) is 5.90 Å². The molecule has 0 heterocycles. The first-order valence-electron chi connectivity index (χ1n) is 5.60. The SMILES string of the molecule is C/C=C/C(=N\C=C\NN)OC1=C(F)CC=CC=C1F. The van der Waals surface area contributed by atoms with Gasteiger partial charge in [0.05, 0.1) is 0 Å². The molecule has 19 heavy (non-hydrogen) atoms. The van der Waals surface area contributed by atoms with Crippen LogP contribution in [0.1, 0.15) is 13.3 Å². The maximum atomic E-state index is 13.6. The summed E-state index contributed by atoms with van der Waals surface area (Å²) < 4.78 is 32.4. The molecule has 3 N–H and O–H groups in total. The quantitative estimate of drug-likeness (QED) is 0.356. The molecule has 0 spiro atoms. The minimum Gasteiger partial charge on any atom is -0.433 e. The lowest BCUT2D eigenvalue weighted by Gasteiger charge is -2.08. The number of nitrogens with zero attached hydrogens (tertiary/aromatic N) is 1. The van der Waals surface area contributed by atoms with Gasteiger partial charge in [-0.3, -0.25) is 5.84 Å². The standard InChI is InChI=1S/C13H15F2N3O/c1-2-5-12(17-8-9-18-16)19-13-10(14)6-3-4-7-11(13)15/h2-6,8-9,18H,7,16H2,1H3/b5-2+,9-8+,17-12+. The number of hydrogen-bond donors (Lipinski definition) is 2. The van der Waals surface area contributed by atoms with Gasteiger partial charge in [0.2, 0.25) is 5.90 Å². The van der Waals surface area contributed by atoms with Gasteiger partial charge < -0.3 is 10.2 Å². The van der Waals surface area contributed by atoms with Gasteiger partial charge in [0, 0.05) is 18.8 Å². The summed E-state index contributed by atoms with van der Waals surface area (Å²) in [4.78, 5) is 3.87. The van der Waals surface area contributed by atoms with Crippen molar-refractivity contribution in [2.24, 2.45) is 10.8 Å². The molecule has 0 aromatic heterocycles. The van der Waals surface area contributed by atoms with E-state index in [0.29, 0.717) is 0 Å². The number of rotatable bonds is 4. The summed E-state index contributed by atoms with van der Waals surface area (Å²) in [7, 11) is 0. The highest BCUT2D eigenvalue weighted by atomic mass is 19.1. The van der Waals surface area contributed by atoms with Crippen molar-refractivity contribution in [3.8, 4) is 0 Å². The first-order valence-corrected chi connectivity index (χ1v) is 5.60. The molecular weight excluding hydrogens is 252 g/mol. The number of ether oxygens (including phenoxy) is 1. The molecule has 6 heteroatoms. The Hall–Kier alpha value is -2.21. The summed E-state index contributed by atoms with van der Waals surface area (Å²) in [5.74, 6) is 3.13. The molecule has 0 amide bonds. The summed E-state index contributed by atoms with van der Waals surface area (Å²) >= 11 is 0. The Labute approximate surface area is 110 Å². The van der Waals surface area contributed by atoms with Gasteiger partial charge in [0.15, 0.2) is 11.6 Å². The lowest BCUT2D eigenvalue weighted by Crippen LogP contribution is -2.12. The molecule has 102 valence electrons. The van der Waals surface area contributed by atoms with E-state index >= 15 is 0 Å². The Kier molecular flexibility index (Phi) is 6.25. The summed E-state index contributed by atoms with van der Waals surface area (Å²) in [6, 6.07) is 0. The van der Waals surface area contributed by atoms with Crippen LogP contribution in [-0.2, 0) is 4.74 Å². The maximum Gasteiger partial charge on any atom is 0.219 e. The lowest BCUT2D eigenvalue weighted by molar-refractivity contribution is 0.367. The molecule has 1 aliphatic carbocycles. The van der Waals surface area contributed by atoms with E-state index in [-0.39, 0.29) is 12.3 Å². The molecule has 0 atom stereocenters. The van der Waals surface area contributed by atoms with Crippen LogP contribution >= 0.6 is 0 Å². The fraction of sp³-hybridized carbons (Fsp3) is 0.154. The fourth-order valence-corrected chi connectivity index (χ4v) is 1.23. The number of halogens is 2. The molecule has 0 radical (unpaired) electrons. The van der Waals surface area contributed by atoms with E-state index in [1.165, 1.54) is 30.6 Å². The highest BCUT2D eigenvalue weighted by molar-refractivity contribution is 5.89. The molecular formula is C13H15F2N3O. The number of hydrogen-bond acceptors (Lipinski definition) is 4. The first-order chi connectivity index (χ1) is 9.19. The second kappa shape index (κ2) is 7.99. The van der Waals surface area contributed by atoms with Crippen molar-refractivity contribution in [2.45, 2.75) is 13.3 Å². The minimum atomic E-state index is -0.788. The minimum absolute atomic E-state index is 0.0252. The van der Waals surface area contributed by atoms with E-state index < -0.39 is 17.4 Å². The Balaban J connectivity index is 2.96. The Morgan fingerprint density at radius 3 is 3.00 bits per heavy atom. The summed E-state index contributed by atoms with van der Waals surface area (Å²) in [5, 5.41) is 0. The Morgan fingerprint density at radius 2 is 2.32 bits per heavy atom. The van der Waals surface area contributed by atoms with Gasteiger partial charge in [-0.25, -0.2) is 13.8 Å². The predicted molar refractivity (Wildman–Crippen MR) is 70.9 cm³/mol. The first kappa shape index (κ1) is 14.8. The molecule has 0 aromatic rings. The highest BCUT2D eigenvalue weighted by Crippen LogP contribution is 2.24. The van der Waals surface area contributed by atoms with E-state index in [0.717, 1.165) is 6.08 Å². The van der Waals surface area contributed by atoms with Crippen LogP contribution in [0.25, 0.3) is 0 Å². The Bertz CT molecular complexity index is 488. The molecule has 1 aliphatic rings. The third-order valence-electron chi connectivity index (χ3n) is 2.03. The molecule has 0 fully saturated rings. The van der Waals surface area contributed by atoms with Gasteiger partial charge in [0.1, 0.15) is 5.83 Å². The number of hydrazine groups is 1. The number of nitrogens with two attached hydrogens (primary N) is 1. The molecule has 0 aliphatic heterocycles. The van der Waals surface area contributed by atoms with E-state index in [1.54, 1.807) is 13.0 Å². The lowest BCUT2D eigenvalue weighted by atomic mass is 10.3. The van der Waals surface area contributed by atoms with Gasteiger partial charge in [-0.2, -0.15) is 0 Å².